The van der Waals surface area contributed by atoms with E-state index in [1.54, 1.807) is 5.56 Å². The van der Waals surface area contributed by atoms with Gasteiger partial charge in [0.2, 0.25) is 0 Å². The fourth-order valence-electron chi connectivity index (χ4n) is 5.73. The Hall–Kier alpha value is -1.11. The molecule has 0 radical (unpaired) electrons. The first kappa shape index (κ1) is 22.6. The fourth-order valence-corrected chi connectivity index (χ4v) is 5.73. The van der Waals surface area contributed by atoms with Crippen LogP contribution in [0.2, 0.25) is 0 Å². The van der Waals surface area contributed by atoms with Crippen molar-refractivity contribution in [3.05, 3.63) is 47.5 Å². The number of halogens is 1. The van der Waals surface area contributed by atoms with Crippen LogP contribution in [0, 0.1) is 24.7 Å². The van der Waals surface area contributed by atoms with Gasteiger partial charge in [-0.15, -0.1) is 0 Å². The largest absolute Gasteiger partial charge is 0.251 e. The molecule has 0 heterocycles. The summed E-state index contributed by atoms with van der Waals surface area (Å²) in [6.45, 7) is 1.97. The lowest BCUT2D eigenvalue weighted by atomic mass is 9.74. The summed E-state index contributed by atoms with van der Waals surface area (Å²) in [5.74, 6) is 3.77. The van der Waals surface area contributed by atoms with E-state index in [1.165, 1.54) is 82.6 Å². The van der Waals surface area contributed by atoms with Gasteiger partial charge in [-0.05, 0) is 81.1 Å². The van der Waals surface area contributed by atoms with Gasteiger partial charge in [-0.2, -0.15) is 0 Å². The Balaban J connectivity index is 1.25. The highest BCUT2D eigenvalue weighted by molar-refractivity contribution is 5.24. The van der Waals surface area contributed by atoms with Crippen LogP contribution in [0.1, 0.15) is 107 Å². The predicted octanol–water partition coefficient (Wildman–Crippen LogP) is 8.94. The Morgan fingerprint density at radius 1 is 0.724 bits per heavy atom. The average Bonchev–Trinajstić information content (AvgIpc) is 2.76. The number of alkyl halides is 1. The maximum Gasteiger partial charge on any atom is 0.0928 e. The van der Waals surface area contributed by atoms with Crippen molar-refractivity contribution in [1.82, 2.24) is 0 Å². The van der Waals surface area contributed by atoms with E-state index in [2.05, 4.69) is 37.3 Å². The van der Waals surface area contributed by atoms with Crippen LogP contribution < -0.4 is 0 Å². The van der Waals surface area contributed by atoms with Gasteiger partial charge >= 0.3 is 0 Å². The Bertz CT molecular complexity index is 571. The van der Waals surface area contributed by atoms with Crippen LogP contribution >= 0.6 is 0 Å². The lowest BCUT2D eigenvalue weighted by molar-refractivity contribution is 0.223. The minimum Gasteiger partial charge on any atom is -0.251 e. The Kier molecular flexibility index (Phi) is 9.77. The highest BCUT2D eigenvalue weighted by Crippen LogP contribution is 2.40. The zero-order chi connectivity index (χ0) is 20.3. The van der Waals surface area contributed by atoms with Crippen molar-refractivity contribution < 1.29 is 4.39 Å². The van der Waals surface area contributed by atoms with E-state index in [0.29, 0.717) is 6.42 Å². The van der Waals surface area contributed by atoms with Gasteiger partial charge in [0, 0.05) is 0 Å². The molecule has 0 aliphatic heterocycles. The number of aryl methyl sites for hydroxylation is 1. The number of hydrogen-bond donors (Lipinski definition) is 0. The molecule has 0 amide bonds. The summed E-state index contributed by atoms with van der Waals surface area (Å²) in [6.07, 6.45) is 23.1. The second-order valence-corrected chi connectivity index (χ2v) is 9.97. The van der Waals surface area contributed by atoms with Crippen molar-refractivity contribution in [3.63, 3.8) is 0 Å². The molecule has 1 heteroatoms. The third kappa shape index (κ3) is 7.91. The molecular formula is C28H43F. The van der Waals surface area contributed by atoms with E-state index < -0.39 is 0 Å². The third-order valence-corrected chi connectivity index (χ3v) is 7.77. The predicted molar refractivity (Wildman–Crippen MR) is 124 cm³/mol. The standard InChI is InChI=1S/C28H43F/c1-23-8-18-27(19-9-23)28-20-16-26(17-21-28)15-14-25-12-10-24(11-13-25)7-5-3-2-4-6-22-29/h2,4,8-9,18-19,24-26,28H,3,5-7,10-17,20-22H2,1H3/b4-2+. The van der Waals surface area contributed by atoms with E-state index in [4.69, 9.17) is 0 Å². The zero-order valence-electron chi connectivity index (χ0n) is 18.8. The Labute approximate surface area is 179 Å². The quantitative estimate of drug-likeness (QED) is 0.272. The molecule has 2 aliphatic rings. The molecule has 1 aromatic carbocycles. The lowest BCUT2D eigenvalue weighted by Gasteiger charge is -2.32. The SMILES string of the molecule is Cc1ccc(C2CCC(CCC3CCC(CCC/C=C/CCF)CC3)CC2)cc1. The number of benzene rings is 1. The van der Waals surface area contributed by atoms with Crippen LogP contribution in [-0.4, -0.2) is 6.67 Å². The second kappa shape index (κ2) is 12.6. The minimum atomic E-state index is -0.214. The van der Waals surface area contributed by atoms with E-state index >= 15 is 0 Å². The Morgan fingerprint density at radius 2 is 1.24 bits per heavy atom. The van der Waals surface area contributed by atoms with Crippen LogP contribution in [0.4, 0.5) is 4.39 Å². The molecule has 29 heavy (non-hydrogen) atoms. The molecule has 162 valence electrons. The van der Waals surface area contributed by atoms with Crippen molar-refractivity contribution >= 4 is 0 Å². The van der Waals surface area contributed by atoms with Gasteiger partial charge in [0.25, 0.3) is 0 Å². The van der Waals surface area contributed by atoms with Gasteiger partial charge in [0.15, 0.2) is 0 Å². The molecule has 2 fully saturated rings. The van der Waals surface area contributed by atoms with Gasteiger partial charge in [-0.1, -0.05) is 86.9 Å². The van der Waals surface area contributed by atoms with Crippen LogP contribution in [0.25, 0.3) is 0 Å². The maximum absolute atomic E-state index is 12.1. The molecule has 0 saturated heterocycles. The molecular weight excluding hydrogens is 355 g/mol. The van der Waals surface area contributed by atoms with Gasteiger partial charge in [-0.3, -0.25) is 4.39 Å². The van der Waals surface area contributed by atoms with E-state index in [-0.39, 0.29) is 6.67 Å². The van der Waals surface area contributed by atoms with Crippen molar-refractivity contribution in [2.75, 3.05) is 6.67 Å². The summed E-state index contributed by atoms with van der Waals surface area (Å²) in [7, 11) is 0. The van der Waals surface area contributed by atoms with Gasteiger partial charge in [-0.25, -0.2) is 0 Å². The second-order valence-electron chi connectivity index (χ2n) is 9.97. The normalized spacial score (nSPS) is 28.1. The highest BCUT2D eigenvalue weighted by atomic mass is 19.1. The summed E-state index contributed by atoms with van der Waals surface area (Å²) in [6, 6.07) is 9.28. The molecule has 2 aliphatic carbocycles. The number of hydrogen-bond acceptors (Lipinski definition) is 0. The first-order chi connectivity index (χ1) is 14.2. The number of unbranched alkanes of at least 4 members (excludes halogenated alkanes) is 1. The van der Waals surface area contributed by atoms with E-state index in [1.807, 2.05) is 6.08 Å². The summed E-state index contributed by atoms with van der Waals surface area (Å²) < 4.78 is 12.1. The topological polar surface area (TPSA) is 0 Å². The summed E-state index contributed by atoms with van der Waals surface area (Å²) in [5.41, 5.74) is 2.95. The van der Waals surface area contributed by atoms with E-state index in [9.17, 15) is 4.39 Å². The summed E-state index contributed by atoms with van der Waals surface area (Å²) >= 11 is 0. The van der Waals surface area contributed by atoms with Crippen molar-refractivity contribution in [3.8, 4) is 0 Å². The molecule has 0 aromatic heterocycles. The maximum atomic E-state index is 12.1. The van der Waals surface area contributed by atoms with Crippen LogP contribution in [-0.2, 0) is 0 Å². The van der Waals surface area contributed by atoms with Crippen LogP contribution in [0.5, 0.6) is 0 Å². The van der Waals surface area contributed by atoms with Gasteiger partial charge < -0.3 is 0 Å². The number of allylic oxidation sites excluding steroid dienone is 2. The summed E-state index contributed by atoms with van der Waals surface area (Å²) in [5, 5.41) is 0. The average molecular weight is 399 g/mol. The molecule has 0 N–H and O–H groups in total. The molecule has 0 unspecified atom stereocenters. The molecule has 2 saturated carbocycles. The molecule has 1 aromatic rings. The van der Waals surface area contributed by atoms with Crippen molar-refractivity contribution in [1.29, 1.82) is 0 Å². The lowest BCUT2D eigenvalue weighted by Crippen LogP contribution is -2.17. The monoisotopic (exact) mass is 398 g/mol. The van der Waals surface area contributed by atoms with Crippen LogP contribution in [0.15, 0.2) is 36.4 Å². The zero-order valence-corrected chi connectivity index (χ0v) is 18.8. The molecule has 3 rings (SSSR count). The fraction of sp³-hybridized carbons (Fsp3) is 0.714. The molecule has 0 spiro atoms. The van der Waals surface area contributed by atoms with Crippen LogP contribution in [0.3, 0.4) is 0 Å². The van der Waals surface area contributed by atoms with Crippen molar-refractivity contribution in [2.45, 2.75) is 103 Å². The van der Waals surface area contributed by atoms with E-state index in [0.717, 1.165) is 30.1 Å². The highest BCUT2D eigenvalue weighted by Gasteiger charge is 2.25. The smallest absolute Gasteiger partial charge is 0.0928 e. The first-order valence-electron chi connectivity index (χ1n) is 12.5. The molecule has 0 bridgehead atoms. The third-order valence-electron chi connectivity index (χ3n) is 7.77. The minimum absolute atomic E-state index is 0.214. The number of rotatable bonds is 10. The Morgan fingerprint density at radius 3 is 1.83 bits per heavy atom. The molecule has 0 nitrogen and oxygen atoms in total. The van der Waals surface area contributed by atoms with Gasteiger partial charge in [0.1, 0.15) is 0 Å². The van der Waals surface area contributed by atoms with Gasteiger partial charge in [0.05, 0.1) is 6.67 Å². The van der Waals surface area contributed by atoms with Crippen molar-refractivity contribution in [2.24, 2.45) is 17.8 Å². The first-order valence-corrected chi connectivity index (χ1v) is 12.5. The summed E-state index contributed by atoms with van der Waals surface area (Å²) in [4.78, 5) is 0. The molecule has 0 atom stereocenters.